The quantitative estimate of drug-likeness (QED) is 0.282. The maximum Gasteiger partial charge on any atom is 0.453 e. The van der Waals surface area contributed by atoms with Crippen molar-refractivity contribution in [3.05, 3.63) is 71.6 Å². The molecule has 13 heteroatoms. The summed E-state index contributed by atoms with van der Waals surface area (Å²) < 4.78 is 65.7. The Labute approximate surface area is 239 Å². The summed E-state index contributed by atoms with van der Waals surface area (Å²) in [5.41, 5.74) is 2.82. The topological polar surface area (TPSA) is 100 Å². The first-order valence-corrected chi connectivity index (χ1v) is 13.6. The molecule has 1 aliphatic carbocycles. The number of aromatic nitrogens is 4. The SMILES string of the molecule is CC(C)(C)OC(=O)C1CCC[C@]2(C=C(c3cc(-n4nnnc4C(F)(F)F)ccc3OCCF)NO2)[C@@H]1c1ccccc1. The largest absolute Gasteiger partial charge is 0.490 e. The van der Waals surface area contributed by atoms with Crippen molar-refractivity contribution in [2.45, 2.75) is 63.3 Å². The second-order valence-electron chi connectivity index (χ2n) is 11.3. The molecule has 0 bridgehead atoms. The number of rotatable bonds is 7. The molecule has 42 heavy (non-hydrogen) atoms. The Balaban J connectivity index is 1.60. The van der Waals surface area contributed by atoms with Crippen molar-refractivity contribution in [1.82, 2.24) is 25.7 Å². The molecule has 3 atom stereocenters. The van der Waals surface area contributed by atoms with Gasteiger partial charge in [-0.25, -0.2) is 4.39 Å². The molecule has 5 rings (SSSR count). The molecule has 0 radical (unpaired) electrons. The van der Waals surface area contributed by atoms with Crippen molar-refractivity contribution in [2.24, 2.45) is 5.92 Å². The zero-order chi connectivity index (χ0) is 30.1. The lowest BCUT2D eigenvalue weighted by Gasteiger charge is -2.43. The van der Waals surface area contributed by atoms with E-state index in [4.69, 9.17) is 14.3 Å². The molecule has 2 aliphatic rings. The second kappa shape index (κ2) is 11.3. The summed E-state index contributed by atoms with van der Waals surface area (Å²) >= 11 is 0. The third-order valence-corrected chi connectivity index (χ3v) is 7.17. The molecule has 0 saturated heterocycles. The molecule has 2 heterocycles. The average Bonchev–Trinajstić information content (AvgIpc) is 3.60. The van der Waals surface area contributed by atoms with E-state index in [1.165, 1.54) is 18.2 Å². The van der Waals surface area contributed by atoms with E-state index >= 15 is 0 Å². The number of ether oxygens (including phenoxy) is 2. The van der Waals surface area contributed by atoms with Gasteiger partial charge in [-0.2, -0.15) is 17.9 Å². The third kappa shape index (κ3) is 5.96. The van der Waals surface area contributed by atoms with Gasteiger partial charge in [-0.15, -0.1) is 5.10 Å². The number of hydroxylamine groups is 1. The minimum Gasteiger partial charge on any atom is -0.490 e. The highest BCUT2D eigenvalue weighted by Gasteiger charge is 2.52. The smallest absolute Gasteiger partial charge is 0.453 e. The van der Waals surface area contributed by atoms with Crippen LogP contribution in [0.1, 0.15) is 62.9 Å². The van der Waals surface area contributed by atoms with Crippen LogP contribution in [0.15, 0.2) is 54.6 Å². The van der Waals surface area contributed by atoms with Gasteiger partial charge in [0.15, 0.2) is 0 Å². The van der Waals surface area contributed by atoms with Crippen LogP contribution in [0.5, 0.6) is 5.75 Å². The van der Waals surface area contributed by atoms with Crippen LogP contribution >= 0.6 is 0 Å². The van der Waals surface area contributed by atoms with Gasteiger partial charge in [0.25, 0.3) is 5.82 Å². The van der Waals surface area contributed by atoms with Gasteiger partial charge in [0, 0.05) is 11.5 Å². The van der Waals surface area contributed by atoms with Gasteiger partial charge in [0.05, 0.1) is 17.3 Å². The third-order valence-electron chi connectivity index (χ3n) is 7.17. The molecular formula is C29H31F4N5O4. The fourth-order valence-electron chi connectivity index (χ4n) is 5.60. The first kappa shape index (κ1) is 29.5. The van der Waals surface area contributed by atoms with Gasteiger partial charge >= 0.3 is 12.1 Å². The maximum atomic E-state index is 13.6. The lowest BCUT2D eigenvalue weighted by Crippen LogP contribution is -2.47. The van der Waals surface area contributed by atoms with E-state index < -0.39 is 41.7 Å². The zero-order valence-electron chi connectivity index (χ0n) is 23.3. The standard InChI is InChI=1S/C29H31F4N5O4/c1-27(2,3)41-25(39)20-10-7-13-28(24(20)18-8-5-4-6-9-18)17-22(35-42-28)21-16-19(11-12-23(21)40-15-14-30)38-26(29(31,32)33)34-36-37-38/h4-6,8-9,11-12,16-17,20,24,35H,7,10,13-15H2,1-3H3/t20?,24-,28+/m1/s1. The average molecular weight is 590 g/mol. The summed E-state index contributed by atoms with van der Waals surface area (Å²) in [5.74, 6) is -2.39. The lowest BCUT2D eigenvalue weighted by atomic mass is 9.65. The van der Waals surface area contributed by atoms with Crippen LogP contribution in [0.25, 0.3) is 11.4 Å². The van der Waals surface area contributed by atoms with Crippen LogP contribution in [-0.2, 0) is 20.5 Å². The maximum absolute atomic E-state index is 13.6. The zero-order valence-corrected chi connectivity index (χ0v) is 23.3. The summed E-state index contributed by atoms with van der Waals surface area (Å²) in [4.78, 5) is 19.7. The Morgan fingerprint density at radius 1 is 1.17 bits per heavy atom. The number of alkyl halides is 4. The number of nitrogens with one attached hydrogen (secondary N) is 1. The Morgan fingerprint density at radius 3 is 2.62 bits per heavy atom. The van der Waals surface area contributed by atoms with E-state index in [0.29, 0.717) is 35.2 Å². The van der Waals surface area contributed by atoms with Crippen LogP contribution in [0.3, 0.4) is 0 Å². The van der Waals surface area contributed by atoms with Gasteiger partial charge in [0.2, 0.25) is 0 Å². The Kier molecular flexibility index (Phi) is 7.97. The summed E-state index contributed by atoms with van der Waals surface area (Å²) in [6.07, 6.45) is -1.18. The highest BCUT2D eigenvalue weighted by molar-refractivity contribution is 5.77. The normalized spacial score (nSPS) is 22.5. The molecule has 1 N–H and O–H groups in total. The highest BCUT2D eigenvalue weighted by Crippen LogP contribution is 2.51. The number of hydrogen-bond acceptors (Lipinski definition) is 8. The monoisotopic (exact) mass is 589 g/mol. The molecule has 0 amide bonds. The van der Waals surface area contributed by atoms with Gasteiger partial charge in [-0.05, 0) is 80.3 Å². The molecule has 1 aromatic heterocycles. The molecular weight excluding hydrogens is 558 g/mol. The second-order valence-corrected chi connectivity index (χ2v) is 11.3. The molecule has 9 nitrogen and oxygen atoms in total. The Bertz CT molecular complexity index is 1450. The number of benzene rings is 2. The van der Waals surface area contributed by atoms with E-state index in [9.17, 15) is 22.4 Å². The van der Waals surface area contributed by atoms with Crippen LogP contribution in [-0.4, -0.2) is 50.7 Å². The van der Waals surface area contributed by atoms with Crippen molar-refractivity contribution in [3.8, 4) is 11.4 Å². The minimum atomic E-state index is -4.80. The van der Waals surface area contributed by atoms with Gasteiger partial charge in [0.1, 0.15) is 30.2 Å². The summed E-state index contributed by atoms with van der Waals surface area (Å²) in [6, 6.07) is 13.7. The molecule has 1 spiro atoms. The van der Waals surface area contributed by atoms with E-state index in [-0.39, 0.29) is 24.0 Å². The highest BCUT2D eigenvalue weighted by atomic mass is 19.4. The van der Waals surface area contributed by atoms with Crippen molar-refractivity contribution in [3.63, 3.8) is 0 Å². The van der Waals surface area contributed by atoms with Crippen LogP contribution in [0, 0.1) is 5.92 Å². The molecule has 1 unspecified atom stereocenters. The van der Waals surface area contributed by atoms with Crippen LogP contribution in [0.2, 0.25) is 0 Å². The molecule has 224 valence electrons. The predicted molar refractivity (Wildman–Crippen MR) is 143 cm³/mol. The Morgan fingerprint density at radius 2 is 1.93 bits per heavy atom. The van der Waals surface area contributed by atoms with Gasteiger partial charge < -0.3 is 9.47 Å². The fraction of sp³-hybridized carbons (Fsp3) is 0.448. The van der Waals surface area contributed by atoms with Crippen molar-refractivity contribution >= 4 is 11.7 Å². The van der Waals surface area contributed by atoms with E-state index in [0.717, 1.165) is 5.56 Å². The Hall–Kier alpha value is -4.00. The molecule has 2 aromatic carbocycles. The molecule has 1 fully saturated rings. The number of tetrazole rings is 1. The summed E-state index contributed by atoms with van der Waals surface area (Å²) in [6.45, 7) is 4.40. The van der Waals surface area contributed by atoms with E-state index in [2.05, 4.69) is 21.0 Å². The van der Waals surface area contributed by atoms with Crippen molar-refractivity contribution in [2.75, 3.05) is 13.3 Å². The molecule has 1 saturated carbocycles. The molecule has 1 aliphatic heterocycles. The van der Waals surface area contributed by atoms with Gasteiger partial charge in [-0.3, -0.25) is 15.1 Å². The van der Waals surface area contributed by atoms with Gasteiger partial charge in [-0.1, -0.05) is 30.3 Å². The summed E-state index contributed by atoms with van der Waals surface area (Å²) in [7, 11) is 0. The number of nitrogens with zero attached hydrogens (tertiary/aromatic N) is 4. The molecule has 3 aromatic rings. The number of esters is 1. The lowest BCUT2D eigenvalue weighted by molar-refractivity contribution is -0.168. The fourth-order valence-corrected chi connectivity index (χ4v) is 5.60. The number of carbonyl (C=O) groups excluding carboxylic acids is 1. The van der Waals surface area contributed by atoms with E-state index in [1.807, 2.05) is 57.2 Å². The predicted octanol–water partition coefficient (Wildman–Crippen LogP) is 5.57. The number of halogens is 4. The first-order chi connectivity index (χ1) is 19.9. The van der Waals surface area contributed by atoms with Crippen molar-refractivity contribution in [1.29, 1.82) is 0 Å². The minimum absolute atomic E-state index is 0.00783. The van der Waals surface area contributed by atoms with Crippen LogP contribution in [0.4, 0.5) is 17.6 Å². The van der Waals surface area contributed by atoms with Crippen molar-refractivity contribution < 1.29 is 36.7 Å². The van der Waals surface area contributed by atoms with Crippen LogP contribution < -0.4 is 10.2 Å². The van der Waals surface area contributed by atoms with E-state index in [1.54, 1.807) is 0 Å². The first-order valence-electron chi connectivity index (χ1n) is 13.6. The summed E-state index contributed by atoms with van der Waals surface area (Å²) in [5, 5.41) is 9.83. The number of hydrogen-bond donors (Lipinski definition) is 1. The number of carbonyl (C=O) groups is 1.